The molecular weight excluding hydrogens is 473 g/mol. The summed E-state index contributed by atoms with van der Waals surface area (Å²) in [5, 5.41) is 21.0. The molecule has 3 N–H and O–H groups in total. The number of aliphatic imine (C=N–C) groups is 1. The van der Waals surface area contributed by atoms with Crippen molar-refractivity contribution in [1.82, 2.24) is 20.8 Å². The van der Waals surface area contributed by atoms with Crippen LogP contribution in [0.1, 0.15) is 63.3 Å². The van der Waals surface area contributed by atoms with Crippen LogP contribution in [0.3, 0.4) is 0 Å². The lowest BCUT2D eigenvalue weighted by Gasteiger charge is -2.19. The maximum absolute atomic E-state index is 10.6. The quantitative estimate of drug-likeness (QED) is 0.208. The summed E-state index contributed by atoms with van der Waals surface area (Å²) in [5.74, 6) is 3.58. The van der Waals surface area contributed by atoms with Gasteiger partial charge in [-0.25, -0.2) is 4.99 Å². The molecule has 2 rings (SSSR count). The number of hydrogen-bond donors (Lipinski definition) is 3. The zero-order valence-corrected chi connectivity index (χ0v) is 19.6. The highest BCUT2D eigenvalue weighted by atomic mass is 127. The van der Waals surface area contributed by atoms with Crippen molar-refractivity contribution in [1.29, 1.82) is 0 Å². The van der Waals surface area contributed by atoms with Gasteiger partial charge in [-0.1, -0.05) is 19.0 Å². The lowest BCUT2D eigenvalue weighted by atomic mass is 10.0. The van der Waals surface area contributed by atoms with E-state index in [2.05, 4.69) is 25.8 Å². The van der Waals surface area contributed by atoms with Gasteiger partial charge in [-0.15, -0.1) is 24.0 Å². The average molecular weight is 505 g/mol. The van der Waals surface area contributed by atoms with Gasteiger partial charge in [0.2, 0.25) is 5.89 Å². The molecular formula is C19H32IN5O3. The van der Waals surface area contributed by atoms with E-state index in [0.717, 1.165) is 24.6 Å². The molecule has 0 radical (unpaired) electrons. The van der Waals surface area contributed by atoms with Crippen LogP contribution in [0.4, 0.5) is 0 Å². The Balaban J connectivity index is 0.00000392. The Morgan fingerprint density at radius 3 is 2.64 bits per heavy atom. The van der Waals surface area contributed by atoms with E-state index < -0.39 is 5.60 Å². The molecule has 2 heterocycles. The first-order chi connectivity index (χ1) is 12.8. The minimum absolute atomic E-state index is 0. The van der Waals surface area contributed by atoms with Crippen molar-refractivity contribution < 1.29 is 14.0 Å². The van der Waals surface area contributed by atoms with Gasteiger partial charge in [0.15, 0.2) is 11.8 Å². The number of aryl methyl sites for hydroxylation is 2. The van der Waals surface area contributed by atoms with Crippen LogP contribution in [0.25, 0.3) is 0 Å². The molecule has 0 aliphatic carbocycles. The van der Waals surface area contributed by atoms with Gasteiger partial charge < -0.3 is 24.7 Å². The van der Waals surface area contributed by atoms with Crippen molar-refractivity contribution >= 4 is 29.9 Å². The van der Waals surface area contributed by atoms with E-state index in [9.17, 15) is 5.11 Å². The highest BCUT2D eigenvalue weighted by molar-refractivity contribution is 14.0. The molecule has 0 saturated heterocycles. The van der Waals surface area contributed by atoms with Gasteiger partial charge in [0, 0.05) is 25.4 Å². The number of nitrogens with zero attached hydrogens (tertiary/aromatic N) is 3. The fraction of sp³-hybridized carbons (Fsp3) is 0.632. The van der Waals surface area contributed by atoms with Crippen LogP contribution in [0.2, 0.25) is 0 Å². The molecule has 8 nitrogen and oxygen atoms in total. The van der Waals surface area contributed by atoms with E-state index in [4.69, 9.17) is 8.94 Å². The topological polar surface area (TPSA) is 109 Å². The van der Waals surface area contributed by atoms with Crippen LogP contribution in [-0.2, 0) is 12.0 Å². The number of aromatic nitrogens is 2. The van der Waals surface area contributed by atoms with Gasteiger partial charge in [-0.2, -0.15) is 4.98 Å². The van der Waals surface area contributed by atoms with Gasteiger partial charge in [-0.05, 0) is 39.3 Å². The van der Waals surface area contributed by atoms with Crippen LogP contribution in [0.15, 0.2) is 26.1 Å². The number of furan rings is 1. The number of hydrogen-bond acceptors (Lipinski definition) is 6. The standard InChI is InChI=1S/C19H31N5O3.HI/c1-6-20-18(22-12-19(5,25)15-10-9-14(4)26-15)21-11-7-8-16-23-17(13(2)3)24-27-16;/h9-10,13,25H,6-8,11-12H2,1-5H3,(H2,20,21,22);1H. The van der Waals surface area contributed by atoms with Gasteiger partial charge in [0.05, 0.1) is 6.54 Å². The number of guanidine groups is 1. The first-order valence-electron chi connectivity index (χ1n) is 9.45. The van der Waals surface area contributed by atoms with E-state index in [1.165, 1.54) is 0 Å². The SMILES string of the molecule is CCNC(=NCC(C)(O)c1ccc(C)o1)NCCCc1nc(C(C)C)no1.I. The third-order valence-electron chi connectivity index (χ3n) is 4.02. The minimum Gasteiger partial charge on any atom is -0.463 e. The second-order valence-electron chi connectivity index (χ2n) is 7.11. The third kappa shape index (κ3) is 7.42. The number of rotatable bonds is 9. The van der Waals surface area contributed by atoms with E-state index >= 15 is 0 Å². The first kappa shape index (κ1) is 24.4. The summed E-state index contributed by atoms with van der Waals surface area (Å²) < 4.78 is 10.8. The van der Waals surface area contributed by atoms with Crippen molar-refractivity contribution in [3.63, 3.8) is 0 Å². The summed E-state index contributed by atoms with van der Waals surface area (Å²) in [7, 11) is 0. The number of halogens is 1. The predicted octanol–water partition coefficient (Wildman–Crippen LogP) is 3.11. The summed E-state index contributed by atoms with van der Waals surface area (Å²) >= 11 is 0. The Labute approximate surface area is 183 Å². The number of aliphatic hydroxyl groups is 1. The maximum atomic E-state index is 10.6. The largest absolute Gasteiger partial charge is 0.463 e. The summed E-state index contributed by atoms with van der Waals surface area (Å²) in [6, 6.07) is 3.61. The van der Waals surface area contributed by atoms with E-state index in [1.807, 2.05) is 33.8 Å². The molecule has 2 aromatic heterocycles. The Hall–Kier alpha value is -1.62. The Morgan fingerprint density at radius 1 is 1.32 bits per heavy atom. The fourth-order valence-corrected chi connectivity index (χ4v) is 2.43. The number of nitrogens with one attached hydrogen (secondary N) is 2. The van der Waals surface area contributed by atoms with Crippen LogP contribution in [0, 0.1) is 6.92 Å². The van der Waals surface area contributed by atoms with E-state index in [0.29, 0.717) is 30.6 Å². The molecule has 0 aromatic carbocycles. The minimum atomic E-state index is -1.16. The van der Waals surface area contributed by atoms with Crippen molar-refractivity contribution in [2.24, 2.45) is 4.99 Å². The molecule has 0 bridgehead atoms. The molecule has 0 amide bonds. The molecule has 9 heteroatoms. The molecule has 0 aliphatic rings. The third-order valence-corrected chi connectivity index (χ3v) is 4.02. The van der Waals surface area contributed by atoms with Gasteiger partial charge >= 0.3 is 0 Å². The second-order valence-corrected chi connectivity index (χ2v) is 7.11. The van der Waals surface area contributed by atoms with Crippen LogP contribution in [-0.4, -0.2) is 40.8 Å². The smallest absolute Gasteiger partial charge is 0.226 e. The van der Waals surface area contributed by atoms with Crippen molar-refractivity contribution in [2.45, 2.75) is 59.0 Å². The van der Waals surface area contributed by atoms with Crippen LogP contribution in [0.5, 0.6) is 0 Å². The van der Waals surface area contributed by atoms with E-state index in [-0.39, 0.29) is 36.4 Å². The maximum Gasteiger partial charge on any atom is 0.226 e. The highest BCUT2D eigenvalue weighted by Crippen LogP contribution is 2.23. The van der Waals surface area contributed by atoms with Crippen LogP contribution >= 0.6 is 24.0 Å². The summed E-state index contributed by atoms with van der Waals surface area (Å²) in [5.41, 5.74) is -1.16. The highest BCUT2D eigenvalue weighted by Gasteiger charge is 2.26. The molecule has 158 valence electrons. The molecule has 1 unspecified atom stereocenters. The van der Waals surface area contributed by atoms with Crippen molar-refractivity contribution in [3.05, 3.63) is 35.4 Å². The molecule has 28 heavy (non-hydrogen) atoms. The second kappa shape index (κ2) is 11.4. The zero-order chi connectivity index (χ0) is 19.9. The monoisotopic (exact) mass is 505 g/mol. The summed E-state index contributed by atoms with van der Waals surface area (Å²) in [6.07, 6.45) is 1.54. The average Bonchev–Trinajstić information content (AvgIpc) is 3.26. The Kier molecular flexibility index (Phi) is 9.94. The molecule has 0 aliphatic heterocycles. The molecule has 0 fully saturated rings. The van der Waals surface area contributed by atoms with E-state index in [1.54, 1.807) is 13.0 Å². The predicted molar refractivity (Wildman–Crippen MR) is 119 cm³/mol. The molecule has 1 atom stereocenters. The van der Waals surface area contributed by atoms with Gasteiger partial charge in [0.25, 0.3) is 0 Å². The van der Waals surface area contributed by atoms with Gasteiger partial charge in [-0.3, -0.25) is 0 Å². The first-order valence-corrected chi connectivity index (χ1v) is 9.45. The lowest BCUT2D eigenvalue weighted by Crippen LogP contribution is -2.39. The van der Waals surface area contributed by atoms with Gasteiger partial charge in [0.1, 0.15) is 17.1 Å². The fourth-order valence-electron chi connectivity index (χ4n) is 2.43. The lowest BCUT2D eigenvalue weighted by molar-refractivity contribution is 0.0428. The normalized spacial score (nSPS) is 13.9. The summed E-state index contributed by atoms with van der Waals surface area (Å²) in [6.45, 7) is 11.2. The molecule has 2 aromatic rings. The Bertz CT molecular complexity index is 740. The Morgan fingerprint density at radius 2 is 2.07 bits per heavy atom. The molecule has 0 spiro atoms. The zero-order valence-electron chi connectivity index (χ0n) is 17.3. The molecule has 0 saturated carbocycles. The van der Waals surface area contributed by atoms with Crippen molar-refractivity contribution in [2.75, 3.05) is 19.6 Å². The van der Waals surface area contributed by atoms with Crippen LogP contribution < -0.4 is 10.6 Å². The van der Waals surface area contributed by atoms with Crippen molar-refractivity contribution in [3.8, 4) is 0 Å². The summed E-state index contributed by atoms with van der Waals surface area (Å²) in [4.78, 5) is 8.85.